The maximum Gasteiger partial charge on any atom is 0.212 e. The highest BCUT2D eigenvalue weighted by Crippen LogP contribution is 2.39. The second-order valence-electron chi connectivity index (χ2n) is 5.91. The number of pyridine rings is 1. The Balaban J connectivity index is 0.00000121. The molecule has 2 aliphatic rings. The molecular weight excluding hydrogens is 321 g/mol. The third-order valence-corrected chi connectivity index (χ3v) is 4.70. The lowest BCUT2D eigenvalue weighted by atomic mass is 9.90. The van der Waals surface area contributed by atoms with Crippen LogP contribution in [0.5, 0.6) is 5.88 Å². The molecule has 0 amide bonds. The first kappa shape index (κ1) is 19.5. The average Bonchev–Trinajstić information content (AvgIpc) is 3.03. The highest BCUT2D eigenvalue weighted by atomic mass is 35.5. The Hall–Kier alpha value is -0.550. The van der Waals surface area contributed by atoms with Crippen LogP contribution in [0, 0.1) is 5.92 Å². The SMILES string of the molecule is COc1ccc([C@H](C2CCCC2)N2CCNCC2)cn1.Cl.Cl. The number of nitrogens with zero attached hydrogens (tertiary/aromatic N) is 2. The van der Waals surface area contributed by atoms with Crippen LogP contribution in [-0.4, -0.2) is 43.2 Å². The molecule has 2 fully saturated rings. The molecule has 1 aromatic heterocycles. The van der Waals surface area contributed by atoms with Gasteiger partial charge in [-0.15, -0.1) is 24.8 Å². The maximum absolute atomic E-state index is 5.19. The van der Waals surface area contributed by atoms with Crippen molar-refractivity contribution in [3.8, 4) is 5.88 Å². The minimum Gasteiger partial charge on any atom is -0.481 e. The summed E-state index contributed by atoms with van der Waals surface area (Å²) in [6, 6.07) is 4.74. The molecule has 2 heterocycles. The monoisotopic (exact) mass is 347 g/mol. The fourth-order valence-electron chi connectivity index (χ4n) is 3.70. The number of hydrogen-bond acceptors (Lipinski definition) is 4. The third kappa shape index (κ3) is 4.48. The van der Waals surface area contributed by atoms with Gasteiger partial charge in [-0.05, 0) is 24.3 Å². The maximum atomic E-state index is 5.19. The predicted molar refractivity (Wildman–Crippen MR) is 94.4 cm³/mol. The van der Waals surface area contributed by atoms with E-state index in [1.54, 1.807) is 7.11 Å². The first-order valence-electron chi connectivity index (χ1n) is 7.83. The minimum absolute atomic E-state index is 0. The number of piperazine rings is 1. The van der Waals surface area contributed by atoms with Gasteiger partial charge in [0.15, 0.2) is 0 Å². The molecular formula is C16H27Cl2N3O. The van der Waals surface area contributed by atoms with Gasteiger partial charge in [-0.1, -0.05) is 18.9 Å². The van der Waals surface area contributed by atoms with E-state index in [1.165, 1.54) is 31.2 Å². The van der Waals surface area contributed by atoms with Crippen molar-refractivity contribution in [2.75, 3.05) is 33.3 Å². The van der Waals surface area contributed by atoms with Crippen LogP contribution >= 0.6 is 24.8 Å². The molecule has 1 aliphatic carbocycles. The molecule has 3 rings (SSSR count). The van der Waals surface area contributed by atoms with E-state index in [0.29, 0.717) is 11.9 Å². The summed E-state index contributed by atoms with van der Waals surface area (Å²) in [4.78, 5) is 7.07. The van der Waals surface area contributed by atoms with Crippen LogP contribution in [0.2, 0.25) is 0 Å². The lowest BCUT2D eigenvalue weighted by Crippen LogP contribution is -2.46. The van der Waals surface area contributed by atoms with Crippen molar-refractivity contribution in [2.24, 2.45) is 5.92 Å². The van der Waals surface area contributed by atoms with Crippen LogP contribution in [0.1, 0.15) is 37.3 Å². The Labute approximate surface area is 145 Å². The van der Waals surface area contributed by atoms with Crippen molar-refractivity contribution in [1.29, 1.82) is 0 Å². The first-order chi connectivity index (χ1) is 9.88. The standard InChI is InChI=1S/C16H25N3O.2ClH/c1-20-15-7-6-14(12-18-15)16(13-4-2-3-5-13)19-10-8-17-9-11-19;;/h6-7,12-13,16-17H,2-5,8-11H2,1H3;2*1H/t16-;;/m0../s1. The Morgan fingerprint density at radius 2 is 1.86 bits per heavy atom. The van der Waals surface area contributed by atoms with E-state index < -0.39 is 0 Å². The molecule has 1 aromatic rings. The summed E-state index contributed by atoms with van der Waals surface area (Å²) in [6.45, 7) is 4.50. The van der Waals surface area contributed by atoms with Gasteiger partial charge < -0.3 is 10.1 Å². The molecule has 1 atom stereocenters. The second kappa shape index (κ2) is 9.56. The molecule has 0 spiro atoms. The fraction of sp³-hybridized carbons (Fsp3) is 0.688. The van der Waals surface area contributed by atoms with Gasteiger partial charge in [0.05, 0.1) is 7.11 Å². The van der Waals surface area contributed by atoms with E-state index >= 15 is 0 Å². The van der Waals surface area contributed by atoms with Crippen LogP contribution in [0.25, 0.3) is 0 Å². The molecule has 1 N–H and O–H groups in total. The largest absolute Gasteiger partial charge is 0.481 e. The van der Waals surface area contributed by atoms with E-state index in [9.17, 15) is 0 Å². The molecule has 1 aliphatic heterocycles. The number of rotatable bonds is 4. The second-order valence-corrected chi connectivity index (χ2v) is 5.91. The summed E-state index contributed by atoms with van der Waals surface area (Å²) in [7, 11) is 1.67. The molecule has 1 saturated heterocycles. The average molecular weight is 348 g/mol. The predicted octanol–water partition coefficient (Wildman–Crippen LogP) is 3.07. The van der Waals surface area contributed by atoms with Gasteiger partial charge >= 0.3 is 0 Å². The summed E-state index contributed by atoms with van der Waals surface area (Å²) in [6.07, 6.45) is 7.51. The van der Waals surface area contributed by atoms with Gasteiger partial charge in [0, 0.05) is 44.5 Å². The van der Waals surface area contributed by atoms with Crippen molar-refractivity contribution < 1.29 is 4.74 Å². The van der Waals surface area contributed by atoms with Crippen LogP contribution in [0.3, 0.4) is 0 Å². The van der Waals surface area contributed by atoms with Crippen LogP contribution < -0.4 is 10.1 Å². The zero-order chi connectivity index (χ0) is 13.8. The highest BCUT2D eigenvalue weighted by molar-refractivity contribution is 5.85. The summed E-state index contributed by atoms with van der Waals surface area (Å²) < 4.78 is 5.19. The van der Waals surface area contributed by atoms with Crippen LogP contribution in [0.15, 0.2) is 18.3 Å². The molecule has 0 radical (unpaired) electrons. The molecule has 126 valence electrons. The molecule has 0 bridgehead atoms. The Morgan fingerprint density at radius 3 is 2.41 bits per heavy atom. The molecule has 4 nitrogen and oxygen atoms in total. The number of nitrogens with one attached hydrogen (secondary N) is 1. The van der Waals surface area contributed by atoms with Crippen molar-refractivity contribution in [3.63, 3.8) is 0 Å². The zero-order valence-electron chi connectivity index (χ0n) is 13.2. The smallest absolute Gasteiger partial charge is 0.212 e. The van der Waals surface area contributed by atoms with Crippen molar-refractivity contribution >= 4 is 24.8 Å². The Morgan fingerprint density at radius 1 is 1.18 bits per heavy atom. The zero-order valence-corrected chi connectivity index (χ0v) is 14.8. The number of hydrogen-bond donors (Lipinski definition) is 1. The quantitative estimate of drug-likeness (QED) is 0.908. The normalized spacial score (nSPS) is 20.8. The number of methoxy groups -OCH3 is 1. The minimum atomic E-state index is 0. The van der Waals surface area contributed by atoms with Crippen molar-refractivity contribution in [3.05, 3.63) is 23.9 Å². The van der Waals surface area contributed by atoms with E-state index in [2.05, 4.69) is 21.3 Å². The van der Waals surface area contributed by atoms with Gasteiger partial charge in [0.25, 0.3) is 0 Å². The first-order valence-corrected chi connectivity index (χ1v) is 7.83. The van der Waals surface area contributed by atoms with E-state index in [-0.39, 0.29) is 24.8 Å². The summed E-state index contributed by atoms with van der Waals surface area (Å²) in [5.74, 6) is 1.50. The number of halogens is 2. The van der Waals surface area contributed by atoms with E-state index in [4.69, 9.17) is 4.74 Å². The molecule has 0 aromatic carbocycles. The molecule has 22 heavy (non-hydrogen) atoms. The fourth-order valence-corrected chi connectivity index (χ4v) is 3.70. The molecule has 0 unspecified atom stereocenters. The summed E-state index contributed by atoms with van der Waals surface area (Å²) in [5.41, 5.74) is 1.36. The molecule has 1 saturated carbocycles. The van der Waals surface area contributed by atoms with Gasteiger partial charge in [0.1, 0.15) is 0 Å². The Bertz CT molecular complexity index is 418. The summed E-state index contributed by atoms with van der Waals surface area (Å²) >= 11 is 0. The van der Waals surface area contributed by atoms with E-state index in [1.807, 2.05) is 12.3 Å². The van der Waals surface area contributed by atoms with E-state index in [0.717, 1.165) is 32.1 Å². The topological polar surface area (TPSA) is 37.4 Å². The Kier molecular flexibility index (Phi) is 8.47. The molecule has 6 heteroatoms. The van der Waals surface area contributed by atoms with Crippen molar-refractivity contribution in [1.82, 2.24) is 15.2 Å². The lowest BCUT2D eigenvalue weighted by molar-refractivity contribution is 0.125. The third-order valence-electron chi connectivity index (χ3n) is 4.70. The van der Waals surface area contributed by atoms with Gasteiger partial charge in [-0.25, -0.2) is 4.98 Å². The van der Waals surface area contributed by atoms with Gasteiger partial charge in [-0.2, -0.15) is 0 Å². The van der Waals surface area contributed by atoms with Crippen LogP contribution in [0.4, 0.5) is 0 Å². The number of ether oxygens (including phenoxy) is 1. The van der Waals surface area contributed by atoms with Gasteiger partial charge in [-0.3, -0.25) is 4.90 Å². The number of aromatic nitrogens is 1. The lowest BCUT2D eigenvalue weighted by Gasteiger charge is -2.38. The summed E-state index contributed by atoms with van der Waals surface area (Å²) in [5, 5.41) is 3.45. The van der Waals surface area contributed by atoms with Crippen LogP contribution in [-0.2, 0) is 0 Å². The van der Waals surface area contributed by atoms with Gasteiger partial charge in [0.2, 0.25) is 5.88 Å². The highest BCUT2D eigenvalue weighted by Gasteiger charge is 2.31. The van der Waals surface area contributed by atoms with Crippen molar-refractivity contribution in [2.45, 2.75) is 31.7 Å².